The fraction of sp³-hybridized carbons (Fsp3) is 0.176. The molecule has 0 spiro atoms. The quantitative estimate of drug-likeness (QED) is 0.848. The van der Waals surface area contributed by atoms with Crippen molar-refractivity contribution in [3.63, 3.8) is 0 Å². The maximum absolute atomic E-state index is 12.5. The number of amides is 1. The molecule has 0 atom stereocenters. The Bertz CT molecular complexity index is 760. The van der Waals surface area contributed by atoms with E-state index in [1.807, 2.05) is 37.3 Å². The van der Waals surface area contributed by atoms with E-state index < -0.39 is 0 Å². The summed E-state index contributed by atoms with van der Waals surface area (Å²) in [5.41, 5.74) is 4.19. The summed E-state index contributed by atoms with van der Waals surface area (Å²) >= 11 is 5.87. The number of nitriles is 1. The van der Waals surface area contributed by atoms with E-state index in [1.54, 1.807) is 11.0 Å². The van der Waals surface area contributed by atoms with Crippen LogP contribution in [0.5, 0.6) is 0 Å². The molecule has 4 heteroatoms. The molecule has 104 valence electrons. The first-order chi connectivity index (χ1) is 10.1. The second-order valence-corrected chi connectivity index (χ2v) is 5.66. The minimum atomic E-state index is 0.0296. The first kappa shape index (κ1) is 13.7. The first-order valence-electron chi connectivity index (χ1n) is 6.66. The van der Waals surface area contributed by atoms with Gasteiger partial charge >= 0.3 is 0 Å². The molecular weight excluding hydrogens is 284 g/mol. The molecule has 0 unspecified atom stereocenters. The predicted octanol–water partition coefficient (Wildman–Crippen LogP) is 3.68. The van der Waals surface area contributed by atoms with Gasteiger partial charge in [-0.2, -0.15) is 5.26 Å². The van der Waals surface area contributed by atoms with Gasteiger partial charge < -0.3 is 4.90 Å². The third kappa shape index (κ3) is 2.51. The van der Waals surface area contributed by atoms with Crippen LogP contribution in [0.1, 0.15) is 32.6 Å². The third-order valence-corrected chi connectivity index (χ3v) is 3.95. The van der Waals surface area contributed by atoms with Gasteiger partial charge in [0.25, 0.3) is 5.91 Å². The molecule has 2 aromatic carbocycles. The topological polar surface area (TPSA) is 44.1 Å². The molecule has 0 fully saturated rings. The fourth-order valence-electron chi connectivity index (χ4n) is 2.73. The lowest BCUT2D eigenvalue weighted by atomic mass is 10.0. The van der Waals surface area contributed by atoms with Crippen molar-refractivity contribution in [1.82, 2.24) is 4.90 Å². The number of hydrogen-bond acceptors (Lipinski definition) is 2. The molecule has 1 aliphatic heterocycles. The lowest BCUT2D eigenvalue weighted by Crippen LogP contribution is -2.23. The minimum Gasteiger partial charge on any atom is -0.330 e. The van der Waals surface area contributed by atoms with Crippen LogP contribution >= 0.6 is 11.6 Å². The van der Waals surface area contributed by atoms with Gasteiger partial charge in [0, 0.05) is 23.7 Å². The standard InChI is InChI=1S/C17H13ClN2O/c1-11-6-13(8-19)7-14-10-20(17(21)16(11)14)9-12-2-4-15(18)5-3-12/h2-7H,9-10H2,1H3. The van der Waals surface area contributed by atoms with Crippen LogP contribution < -0.4 is 0 Å². The van der Waals surface area contributed by atoms with E-state index in [9.17, 15) is 4.79 Å². The fourth-order valence-corrected chi connectivity index (χ4v) is 2.85. The lowest BCUT2D eigenvalue weighted by molar-refractivity contribution is 0.0766. The highest BCUT2D eigenvalue weighted by molar-refractivity contribution is 6.30. The van der Waals surface area contributed by atoms with E-state index in [4.69, 9.17) is 16.9 Å². The van der Waals surface area contributed by atoms with Crippen molar-refractivity contribution in [2.75, 3.05) is 0 Å². The van der Waals surface area contributed by atoms with Crippen molar-refractivity contribution in [1.29, 1.82) is 5.26 Å². The molecule has 0 saturated carbocycles. The Kier molecular flexibility index (Phi) is 3.40. The zero-order chi connectivity index (χ0) is 15.0. The summed E-state index contributed by atoms with van der Waals surface area (Å²) in [4.78, 5) is 14.3. The van der Waals surface area contributed by atoms with E-state index >= 15 is 0 Å². The largest absolute Gasteiger partial charge is 0.330 e. The van der Waals surface area contributed by atoms with Crippen molar-refractivity contribution in [3.8, 4) is 6.07 Å². The molecule has 0 aliphatic carbocycles. The zero-order valence-corrected chi connectivity index (χ0v) is 12.3. The van der Waals surface area contributed by atoms with Gasteiger partial charge in [0.2, 0.25) is 0 Å². The van der Waals surface area contributed by atoms with Gasteiger partial charge in [-0.05, 0) is 47.9 Å². The van der Waals surface area contributed by atoms with Crippen molar-refractivity contribution in [2.45, 2.75) is 20.0 Å². The van der Waals surface area contributed by atoms with E-state index in [-0.39, 0.29) is 5.91 Å². The van der Waals surface area contributed by atoms with Gasteiger partial charge in [-0.25, -0.2) is 0 Å². The molecule has 2 aromatic rings. The monoisotopic (exact) mass is 296 g/mol. The Hall–Kier alpha value is -2.31. The van der Waals surface area contributed by atoms with Gasteiger partial charge in [-0.3, -0.25) is 4.79 Å². The van der Waals surface area contributed by atoms with Gasteiger partial charge in [-0.15, -0.1) is 0 Å². The molecule has 0 radical (unpaired) electrons. The normalized spacial score (nSPS) is 13.2. The van der Waals surface area contributed by atoms with Gasteiger partial charge in [-0.1, -0.05) is 23.7 Å². The summed E-state index contributed by atoms with van der Waals surface area (Å²) in [5.74, 6) is 0.0296. The molecule has 0 N–H and O–H groups in total. The van der Waals surface area contributed by atoms with Crippen molar-refractivity contribution in [3.05, 3.63) is 69.2 Å². The van der Waals surface area contributed by atoms with Crippen LogP contribution in [0.2, 0.25) is 5.02 Å². The van der Waals surface area contributed by atoms with Crippen LogP contribution in [-0.2, 0) is 13.1 Å². The molecular formula is C17H13ClN2O. The number of halogens is 1. The van der Waals surface area contributed by atoms with Crippen molar-refractivity contribution in [2.24, 2.45) is 0 Å². The molecule has 1 heterocycles. The molecule has 0 bridgehead atoms. The Balaban J connectivity index is 1.88. The third-order valence-electron chi connectivity index (χ3n) is 3.70. The van der Waals surface area contributed by atoms with E-state index in [0.29, 0.717) is 23.7 Å². The summed E-state index contributed by atoms with van der Waals surface area (Å²) in [5, 5.41) is 9.71. The SMILES string of the molecule is Cc1cc(C#N)cc2c1C(=O)N(Cc1ccc(Cl)cc1)C2. The number of carbonyl (C=O) groups excluding carboxylic acids is 1. The summed E-state index contributed by atoms with van der Waals surface area (Å²) in [6.45, 7) is 2.97. The summed E-state index contributed by atoms with van der Waals surface area (Å²) in [6, 6.07) is 13.2. The van der Waals surface area contributed by atoms with Gasteiger partial charge in [0.1, 0.15) is 0 Å². The van der Waals surface area contributed by atoms with E-state index in [1.165, 1.54) is 0 Å². The Morgan fingerprint density at radius 2 is 2.00 bits per heavy atom. The van der Waals surface area contributed by atoms with Crippen LogP contribution in [0.3, 0.4) is 0 Å². The first-order valence-corrected chi connectivity index (χ1v) is 7.03. The minimum absolute atomic E-state index is 0.0296. The predicted molar refractivity (Wildman–Crippen MR) is 80.9 cm³/mol. The van der Waals surface area contributed by atoms with Gasteiger partial charge in [0.05, 0.1) is 11.6 Å². The number of aryl methyl sites for hydroxylation is 1. The number of benzene rings is 2. The lowest BCUT2D eigenvalue weighted by Gasteiger charge is -2.15. The second kappa shape index (κ2) is 5.23. The Morgan fingerprint density at radius 3 is 2.67 bits per heavy atom. The highest BCUT2D eigenvalue weighted by atomic mass is 35.5. The van der Waals surface area contributed by atoms with Crippen LogP contribution in [0.25, 0.3) is 0 Å². The number of fused-ring (bicyclic) bond motifs is 1. The van der Waals surface area contributed by atoms with Crippen LogP contribution in [0.15, 0.2) is 36.4 Å². The number of carbonyl (C=O) groups is 1. The zero-order valence-electron chi connectivity index (χ0n) is 11.6. The molecule has 3 rings (SSSR count). The molecule has 1 amide bonds. The van der Waals surface area contributed by atoms with E-state index in [0.717, 1.165) is 22.3 Å². The summed E-state index contributed by atoms with van der Waals surface area (Å²) in [7, 11) is 0. The highest BCUT2D eigenvalue weighted by Crippen LogP contribution is 2.28. The number of rotatable bonds is 2. The Labute approximate surface area is 128 Å². The summed E-state index contributed by atoms with van der Waals surface area (Å²) < 4.78 is 0. The van der Waals surface area contributed by atoms with Crippen molar-refractivity contribution < 1.29 is 4.79 Å². The van der Waals surface area contributed by atoms with Crippen LogP contribution in [0, 0.1) is 18.3 Å². The molecule has 1 aliphatic rings. The smallest absolute Gasteiger partial charge is 0.255 e. The average Bonchev–Trinajstić information content (AvgIpc) is 2.78. The molecule has 21 heavy (non-hydrogen) atoms. The van der Waals surface area contributed by atoms with Crippen LogP contribution in [-0.4, -0.2) is 10.8 Å². The van der Waals surface area contributed by atoms with Gasteiger partial charge in [0.15, 0.2) is 0 Å². The van der Waals surface area contributed by atoms with Crippen LogP contribution in [0.4, 0.5) is 0 Å². The molecule has 0 aromatic heterocycles. The molecule has 3 nitrogen and oxygen atoms in total. The van der Waals surface area contributed by atoms with Crippen molar-refractivity contribution >= 4 is 17.5 Å². The molecule has 0 saturated heterocycles. The number of hydrogen-bond donors (Lipinski definition) is 0. The average molecular weight is 297 g/mol. The maximum atomic E-state index is 12.5. The number of nitrogens with zero attached hydrogens (tertiary/aromatic N) is 2. The Morgan fingerprint density at radius 1 is 1.29 bits per heavy atom. The second-order valence-electron chi connectivity index (χ2n) is 5.23. The van der Waals surface area contributed by atoms with E-state index in [2.05, 4.69) is 6.07 Å². The summed E-state index contributed by atoms with van der Waals surface area (Å²) in [6.07, 6.45) is 0. The highest BCUT2D eigenvalue weighted by Gasteiger charge is 2.29. The maximum Gasteiger partial charge on any atom is 0.255 e.